The van der Waals surface area contributed by atoms with Crippen LogP contribution in [0.2, 0.25) is 0 Å². The van der Waals surface area contributed by atoms with Gasteiger partial charge in [-0.3, -0.25) is 0 Å². The summed E-state index contributed by atoms with van der Waals surface area (Å²) in [5.41, 5.74) is -0.197. The van der Waals surface area contributed by atoms with Crippen molar-refractivity contribution in [2.75, 3.05) is 5.75 Å². The van der Waals surface area contributed by atoms with E-state index in [0.29, 0.717) is 5.92 Å². The second-order valence-corrected chi connectivity index (χ2v) is 12.9. The van der Waals surface area contributed by atoms with Gasteiger partial charge in [-0.05, 0) is 56.3 Å². The molecule has 0 radical (unpaired) electrons. The van der Waals surface area contributed by atoms with Gasteiger partial charge in [-0.25, -0.2) is 8.42 Å². The summed E-state index contributed by atoms with van der Waals surface area (Å²) in [4.78, 5) is 0. The first kappa shape index (κ1) is 20.5. The molecule has 4 rings (SSSR count). The lowest BCUT2D eigenvalue weighted by Crippen LogP contribution is -2.53. The van der Waals surface area contributed by atoms with Crippen LogP contribution >= 0.6 is 11.6 Å². The summed E-state index contributed by atoms with van der Waals surface area (Å²) in [5, 5.41) is 0.0144. The van der Waals surface area contributed by atoms with Crippen LogP contribution in [-0.4, -0.2) is 35.9 Å². The maximum absolute atomic E-state index is 14.0. The summed E-state index contributed by atoms with van der Waals surface area (Å²) < 4.78 is 30.0. The number of nitrogens with zero attached hydrogens (tertiary/aromatic N) is 1. The minimum atomic E-state index is -3.30. The normalized spacial score (nSPS) is 37.9. The van der Waals surface area contributed by atoms with Gasteiger partial charge in [0.1, 0.15) is 0 Å². The summed E-state index contributed by atoms with van der Waals surface area (Å²) in [7, 11) is -3.30. The van der Waals surface area contributed by atoms with E-state index in [1.54, 1.807) is 0 Å². The highest BCUT2D eigenvalue weighted by atomic mass is 35.5. The Kier molecular flexibility index (Phi) is 5.66. The van der Waals surface area contributed by atoms with Crippen LogP contribution in [0.25, 0.3) is 0 Å². The monoisotopic (exact) mass is 415 g/mol. The lowest BCUT2D eigenvalue weighted by Gasteiger charge is -2.45. The molecule has 0 aromatic rings. The molecule has 4 aliphatic rings. The Morgan fingerprint density at radius 2 is 1.41 bits per heavy atom. The third-order valence-corrected chi connectivity index (χ3v) is 11.7. The van der Waals surface area contributed by atoms with Crippen molar-refractivity contribution in [3.8, 4) is 0 Å². The van der Waals surface area contributed by atoms with Crippen LogP contribution in [0.3, 0.4) is 0 Å². The molecule has 0 N–H and O–H groups in total. The highest BCUT2D eigenvalue weighted by Gasteiger charge is 2.65. The summed E-state index contributed by atoms with van der Waals surface area (Å²) in [6.07, 6.45) is 14.6. The van der Waals surface area contributed by atoms with Crippen LogP contribution in [0.1, 0.15) is 97.3 Å². The van der Waals surface area contributed by atoms with Gasteiger partial charge < -0.3 is 0 Å². The van der Waals surface area contributed by atoms with Crippen LogP contribution in [0.4, 0.5) is 0 Å². The molecule has 27 heavy (non-hydrogen) atoms. The average Bonchev–Trinajstić information content (AvgIpc) is 2.97. The van der Waals surface area contributed by atoms with Crippen molar-refractivity contribution in [3.63, 3.8) is 0 Å². The average molecular weight is 416 g/mol. The molecule has 0 spiro atoms. The highest BCUT2D eigenvalue weighted by Crippen LogP contribution is 2.67. The fourth-order valence-corrected chi connectivity index (χ4v) is 10.8. The molecule has 0 amide bonds. The van der Waals surface area contributed by atoms with E-state index in [9.17, 15) is 8.42 Å². The summed E-state index contributed by atoms with van der Waals surface area (Å²) in [6, 6.07) is 0.470. The van der Waals surface area contributed by atoms with E-state index >= 15 is 0 Å². The number of hydrogen-bond donors (Lipinski definition) is 0. The third-order valence-electron chi connectivity index (χ3n) is 8.96. The molecule has 2 bridgehead atoms. The van der Waals surface area contributed by atoms with Crippen molar-refractivity contribution < 1.29 is 8.42 Å². The van der Waals surface area contributed by atoms with E-state index < -0.39 is 10.0 Å². The Balaban J connectivity index is 1.64. The van der Waals surface area contributed by atoms with Crippen LogP contribution < -0.4 is 0 Å². The largest absolute Gasteiger partial charge is 0.215 e. The molecule has 4 fully saturated rings. The number of halogens is 1. The number of sulfonamides is 1. The number of fused-ring (bicyclic) bond motifs is 2. The molecule has 3 atom stereocenters. The van der Waals surface area contributed by atoms with Gasteiger partial charge in [-0.15, -0.1) is 11.6 Å². The summed E-state index contributed by atoms with van der Waals surface area (Å²) in [6.45, 7) is 4.57. The van der Waals surface area contributed by atoms with Crippen molar-refractivity contribution >= 4 is 21.6 Å². The van der Waals surface area contributed by atoms with Crippen molar-refractivity contribution in [2.45, 2.75) is 115 Å². The molecule has 0 aliphatic heterocycles. The van der Waals surface area contributed by atoms with E-state index in [1.165, 1.54) is 38.5 Å². The second-order valence-electron chi connectivity index (χ2n) is 10.5. The Hall–Kier alpha value is 0.200. The SMILES string of the molecule is CC1(C)C2CCC1(CS(=O)(=O)N(C1CCCCC1)C1CCCCC1)C(Cl)C2. The van der Waals surface area contributed by atoms with Gasteiger partial charge in [0.05, 0.1) is 5.75 Å². The zero-order valence-electron chi connectivity index (χ0n) is 17.3. The first-order chi connectivity index (χ1) is 12.8. The first-order valence-electron chi connectivity index (χ1n) is 11.4. The standard InChI is InChI=1S/C22H38ClNO2S/c1-21(2)17-13-14-22(21,20(23)15-17)16-27(25,26)24(18-9-5-3-6-10-18)19-11-7-4-8-12-19/h17-20H,3-16H2,1-2H3. The first-order valence-corrected chi connectivity index (χ1v) is 13.5. The van der Waals surface area contributed by atoms with Crippen molar-refractivity contribution in [2.24, 2.45) is 16.7 Å². The van der Waals surface area contributed by atoms with Gasteiger partial charge in [-0.1, -0.05) is 52.4 Å². The van der Waals surface area contributed by atoms with E-state index in [-0.39, 0.29) is 34.0 Å². The van der Waals surface area contributed by atoms with Gasteiger partial charge in [0.25, 0.3) is 0 Å². The molecule has 3 unspecified atom stereocenters. The van der Waals surface area contributed by atoms with E-state index in [1.807, 2.05) is 4.31 Å². The molecule has 4 saturated carbocycles. The molecule has 156 valence electrons. The van der Waals surface area contributed by atoms with E-state index in [4.69, 9.17) is 11.6 Å². The fraction of sp³-hybridized carbons (Fsp3) is 1.00. The molecule has 5 heteroatoms. The molecule has 0 heterocycles. The van der Waals surface area contributed by atoms with Crippen LogP contribution in [-0.2, 0) is 10.0 Å². The predicted octanol–water partition coefficient (Wildman–Crippen LogP) is 5.72. The molecule has 4 aliphatic carbocycles. The zero-order chi connectivity index (χ0) is 19.3. The molecule has 0 saturated heterocycles. The quantitative estimate of drug-likeness (QED) is 0.538. The Labute approximate surface area is 171 Å². The van der Waals surface area contributed by atoms with E-state index in [0.717, 1.165) is 44.9 Å². The number of alkyl halides is 1. The molecular formula is C22H38ClNO2S. The lowest BCUT2D eigenvalue weighted by molar-refractivity contribution is 0.142. The Bertz CT molecular complexity index is 619. The number of hydrogen-bond acceptors (Lipinski definition) is 2. The van der Waals surface area contributed by atoms with Gasteiger partial charge >= 0.3 is 0 Å². The molecular weight excluding hydrogens is 378 g/mol. The van der Waals surface area contributed by atoms with Crippen LogP contribution in [0.15, 0.2) is 0 Å². The van der Waals surface area contributed by atoms with Crippen molar-refractivity contribution in [3.05, 3.63) is 0 Å². The van der Waals surface area contributed by atoms with Gasteiger partial charge in [0.15, 0.2) is 0 Å². The molecule has 3 nitrogen and oxygen atoms in total. The van der Waals surface area contributed by atoms with Crippen LogP contribution in [0.5, 0.6) is 0 Å². The summed E-state index contributed by atoms with van der Waals surface area (Å²) >= 11 is 6.85. The number of rotatable bonds is 5. The van der Waals surface area contributed by atoms with Crippen molar-refractivity contribution in [1.82, 2.24) is 4.31 Å². The predicted molar refractivity (Wildman–Crippen MR) is 113 cm³/mol. The molecule has 0 aromatic heterocycles. The lowest BCUT2D eigenvalue weighted by atomic mass is 9.70. The maximum Gasteiger partial charge on any atom is 0.215 e. The zero-order valence-corrected chi connectivity index (χ0v) is 18.8. The second kappa shape index (κ2) is 7.47. The third kappa shape index (κ3) is 3.40. The minimum absolute atomic E-state index is 0.0144. The molecule has 0 aromatic carbocycles. The smallest absolute Gasteiger partial charge is 0.212 e. The fourth-order valence-electron chi connectivity index (χ4n) is 7.14. The Morgan fingerprint density at radius 3 is 1.81 bits per heavy atom. The maximum atomic E-state index is 14.0. The van der Waals surface area contributed by atoms with Crippen LogP contribution in [0, 0.1) is 16.7 Å². The minimum Gasteiger partial charge on any atom is -0.212 e. The van der Waals surface area contributed by atoms with Gasteiger partial charge in [0, 0.05) is 22.9 Å². The Morgan fingerprint density at radius 1 is 0.889 bits per heavy atom. The van der Waals surface area contributed by atoms with E-state index in [2.05, 4.69) is 13.8 Å². The van der Waals surface area contributed by atoms with Crippen molar-refractivity contribution in [1.29, 1.82) is 0 Å². The van der Waals surface area contributed by atoms with Gasteiger partial charge in [-0.2, -0.15) is 4.31 Å². The van der Waals surface area contributed by atoms with Gasteiger partial charge in [0.2, 0.25) is 10.0 Å². The topological polar surface area (TPSA) is 37.4 Å². The highest BCUT2D eigenvalue weighted by molar-refractivity contribution is 7.89. The summed E-state index contributed by atoms with van der Waals surface area (Å²) in [5.74, 6) is 0.873.